The first kappa shape index (κ1) is 12.4. The van der Waals surface area contributed by atoms with Crippen molar-refractivity contribution in [3.05, 3.63) is 0 Å². The number of tetrazole rings is 1. The van der Waals surface area contributed by atoms with Gasteiger partial charge < -0.3 is 0 Å². The van der Waals surface area contributed by atoms with E-state index in [2.05, 4.69) is 21.6 Å². The van der Waals surface area contributed by atoms with E-state index in [9.17, 15) is 0 Å². The Morgan fingerprint density at radius 3 is 2.94 bits per heavy atom. The van der Waals surface area contributed by atoms with Crippen LogP contribution >= 0.6 is 11.8 Å². The molecule has 0 aromatic carbocycles. The Bertz CT molecular complexity index is 377. The van der Waals surface area contributed by atoms with E-state index in [0.29, 0.717) is 12.5 Å². The number of rotatable bonds is 6. The first-order valence-electron chi connectivity index (χ1n) is 6.19. The second kappa shape index (κ2) is 6.60. The molecule has 1 aliphatic rings. The summed E-state index contributed by atoms with van der Waals surface area (Å²) in [5, 5.41) is 21.3. The van der Waals surface area contributed by atoms with Gasteiger partial charge in [-0.05, 0) is 36.1 Å². The second-order valence-electron chi connectivity index (χ2n) is 4.31. The highest BCUT2D eigenvalue weighted by molar-refractivity contribution is 7.99. The maximum absolute atomic E-state index is 8.44. The molecule has 5 nitrogen and oxygen atoms in total. The molecular formula is C11H17N5S. The summed E-state index contributed by atoms with van der Waals surface area (Å²) in [6.07, 6.45) is 7.64. The van der Waals surface area contributed by atoms with Crippen molar-refractivity contribution >= 4 is 11.8 Å². The number of hydrogen-bond acceptors (Lipinski definition) is 5. The van der Waals surface area contributed by atoms with Crippen LogP contribution in [0.25, 0.3) is 0 Å². The summed E-state index contributed by atoms with van der Waals surface area (Å²) in [5.74, 6) is 0.995. The van der Waals surface area contributed by atoms with Crippen LogP contribution in [0.3, 0.4) is 0 Å². The van der Waals surface area contributed by atoms with E-state index in [1.165, 1.54) is 25.7 Å². The molecule has 1 heterocycles. The third-order valence-electron chi connectivity index (χ3n) is 3.05. The molecule has 6 heteroatoms. The summed E-state index contributed by atoms with van der Waals surface area (Å²) in [7, 11) is 0. The van der Waals surface area contributed by atoms with Crippen LogP contribution in [0.4, 0.5) is 0 Å². The van der Waals surface area contributed by atoms with Gasteiger partial charge in [0.05, 0.1) is 12.1 Å². The van der Waals surface area contributed by atoms with Crippen LogP contribution in [0, 0.1) is 11.3 Å². The highest BCUT2D eigenvalue weighted by atomic mass is 32.2. The molecule has 0 spiro atoms. The predicted octanol–water partition coefficient (Wildman–Crippen LogP) is 2.57. The summed E-state index contributed by atoms with van der Waals surface area (Å²) in [5.41, 5.74) is 0. The van der Waals surface area contributed by atoms with Gasteiger partial charge in [-0.3, -0.25) is 0 Å². The molecule has 0 radical (unpaired) electrons. The summed E-state index contributed by atoms with van der Waals surface area (Å²) >= 11 is 1.71. The quantitative estimate of drug-likeness (QED) is 0.574. The van der Waals surface area contributed by atoms with Crippen LogP contribution in [0.2, 0.25) is 0 Å². The molecule has 0 unspecified atom stereocenters. The Labute approximate surface area is 106 Å². The fourth-order valence-electron chi connectivity index (χ4n) is 2.13. The number of nitrogens with zero attached hydrogens (tertiary/aromatic N) is 5. The average molecular weight is 251 g/mol. The van der Waals surface area contributed by atoms with E-state index in [-0.39, 0.29) is 0 Å². The van der Waals surface area contributed by atoms with Gasteiger partial charge in [0.2, 0.25) is 5.16 Å². The van der Waals surface area contributed by atoms with Gasteiger partial charge in [0, 0.05) is 12.2 Å². The molecular weight excluding hydrogens is 234 g/mol. The SMILES string of the molecule is N#CCCCCSc1nnnn1C1CCCC1. The minimum absolute atomic E-state index is 0.506. The molecule has 0 amide bonds. The van der Waals surface area contributed by atoms with Crippen molar-refractivity contribution < 1.29 is 0 Å². The molecule has 0 aliphatic heterocycles. The van der Waals surface area contributed by atoms with E-state index in [1.807, 2.05) is 4.68 Å². The van der Waals surface area contributed by atoms with Crippen LogP contribution in [0.15, 0.2) is 5.16 Å². The lowest BCUT2D eigenvalue weighted by molar-refractivity contribution is 0.423. The van der Waals surface area contributed by atoms with Crippen molar-refractivity contribution in [2.75, 3.05) is 5.75 Å². The second-order valence-corrected chi connectivity index (χ2v) is 5.37. The van der Waals surface area contributed by atoms with Gasteiger partial charge in [-0.2, -0.15) is 5.26 Å². The van der Waals surface area contributed by atoms with E-state index in [4.69, 9.17) is 5.26 Å². The summed E-state index contributed by atoms with van der Waals surface area (Å²) < 4.78 is 1.99. The highest BCUT2D eigenvalue weighted by Gasteiger charge is 2.21. The Kier molecular flexibility index (Phi) is 4.80. The molecule has 0 bridgehead atoms. The Morgan fingerprint density at radius 2 is 2.18 bits per heavy atom. The first-order chi connectivity index (χ1) is 8.42. The predicted molar refractivity (Wildman–Crippen MR) is 65.5 cm³/mol. The molecule has 1 aromatic rings. The van der Waals surface area contributed by atoms with Gasteiger partial charge in [0.15, 0.2) is 0 Å². The van der Waals surface area contributed by atoms with Gasteiger partial charge in [0.1, 0.15) is 0 Å². The molecule has 1 fully saturated rings. The van der Waals surface area contributed by atoms with Crippen molar-refractivity contribution in [1.82, 2.24) is 20.2 Å². The van der Waals surface area contributed by atoms with Gasteiger partial charge in [0.25, 0.3) is 0 Å². The smallest absolute Gasteiger partial charge is 0.209 e. The van der Waals surface area contributed by atoms with Crippen LogP contribution in [0.5, 0.6) is 0 Å². The zero-order valence-electron chi connectivity index (χ0n) is 9.88. The molecule has 17 heavy (non-hydrogen) atoms. The lowest BCUT2D eigenvalue weighted by Crippen LogP contribution is -2.08. The maximum atomic E-state index is 8.44. The zero-order chi connectivity index (χ0) is 11.9. The standard InChI is InChI=1S/C11H17N5S/c12-8-4-1-5-9-17-11-13-14-15-16(11)10-6-2-3-7-10/h10H,1-7,9H2. The van der Waals surface area contributed by atoms with Gasteiger partial charge in [-0.1, -0.05) is 24.6 Å². The lowest BCUT2D eigenvalue weighted by Gasteiger charge is -2.10. The number of thioether (sulfide) groups is 1. The normalized spacial score (nSPS) is 16.2. The van der Waals surface area contributed by atoms with Gasteiger partial charge in [-0.25, -0.2) is 4.68 Å². The number of aromatic nitrogens is 4. The maximum Gasteiger partial charge on any atom is 0.209 e. The molecule has 0 atom stereocenters. The van der Waals surface area contributed by atoms with E-state index < -0.39 is 0 Å². The summed E-state index contributed by atoms with van der Waals surface area (Å²) in [4.78, 5) is 0. The van der Waals surface area contributed by atoms with Crippen LogP contribution < -0.4 is 0 Å². The zero-order valence-corrected chi connectivity index (χ0v) is 10.7. The van der Waals surface area contributed by atoms with Crippen molar-refractivity contribution in [3.63, 3.8) is 0 Å². The van der Waals surface area contributed by atoms with Gasteiger partial charge >= 0.3 is 0 Å². The molecule has 92 valence electrons. The lowest BCUT2D eigenvalue weighted by atomic mass is 10.3. The third-order valence-corrected chi connectivity index (χ3v) is 4.07. The van der Waals surface area contributed by atoms with Crippen molar-refractivity contribution in [2.24, 2.45) is 0 Å². The molecule has 2 rings (SSSR count). The monoisotopic (exact) mass is 251 g/mol. The van der Waals surface area contributed by atoms with E-state index in [0.717, 1.165) is 23.8 Å². The fourth-order valence-corrected chi connectivity index (χ4v) is 3.07. The van der Waals surface area contributed by atoms with Crippen molar-refractivity contribution in [2.45, 2.75) is 56.1 Å². The topological polar surface area (TPSA) is 67.4 Å². The van der Waals surface area contributed by atoms with Crippen molar-refractivity contribution in [1.29, 1.82) is 5.26 Å². The third kappa shape index (κ3) is 3.43. The molecule has 0 saturated heterocycles. The number of unbranched alkanes of at least 4 members (excludes halogenated alkanes) is 2. The molecule has 1 saturated carbocycles. The van der Waals surface area contributed by atoms with Crippen LogP contribution in [-0.2, 0) is 0 Å². The van der Waals surface area contributed by atoms with E-state index in [1.54, 1.807) is 11.8 Å². The summed E-state index contributed by atoms with van der Waals surface area (Å²) in [6.45, 7) is 0. The van der Waals surface area contributed by atoms with Crippen LogP contribution in [-0.4, -0.2) is 26.0 Å². The summed E-state index contributed by atoms with van der Waals surface area (Å²) in [6, 6.07) is 2.67. The van der Waals surface area contributed by atoms with Crippen LogP contribution in [0.1, 0.15) is 51.0 Å². The number of nitriles is 1. The molecule has 0 N–H and O–H groups in total. The van der Waals surface area contributed by atoms with E-state index >= 15 is 0 Å². The van der Waals surface area contributed by atoms with Crippen molar-refractivity contribution in [3.8, 4) is 6.07 Å². The largest absolute Gasteiger partial charge is 0.217 e. The fraction of sp³-hybridized carbons (Fsp3) is 0.818. The highest BCUT2D eigenvalue weighted by Crippen LogP contribution is 2.31. The van der Waals surface area contributed by atoms with Gasteiger partial charge in [-0.15, -0.1) is 5.10 Å². The Balaban J connectivity index is 1.80. The Hall–Kier alpha value is -1.09. The Morgan fingerprint density at radius 1 is 1.35 bits per heavy atom. The first-order valence-corrected chi connectivity index (χ1v) is 7.18. The molecule has 1 aromatic heterocycles. The molecule has 1 aliphatic carbocycles. The average Bonchev–Trinajstić information content (AvgIpc) is 2.98. The number of hydrogen-bond donors (Lipinski definition) is 0. The minimum Gasteiger partial charge on any atom is -0.217 e. The minimum atomic E-state index is 0.506.